The Morgan fingerprint density at radius 1 is 1.00 bits per heavy atom. The number of benzene rings is 3. The van der Waals surface area contributed by atoms with Gasteiger partial charge in [0.2, 0.25) is 0 Å². The Bertz CT molecular complexity index is 1150. The first-order valence-electron chi connectivity index (χ1n) is 10.8. The number of hydrogen-bond donors (Lipinski definition) is 1. The van der Waals surface area contributed by atoms with Crippen molar-refractivity contribution in [1.82, 2.24) is 5.32 Å². The molecule has 4 heteroatoms. The average molecular weight is 429 g/mol. The van der Waals surface area contributed by atoms with Gasteiger partial charge in [0.15, 0.2) is 0 Å². The molecule has 0 radical (unpaired) electrons. The van der Waals surface area contributed by atoms with Gasteiger partial charge in [-0.15, -0.1) is 0 Å². The van der Waals surface area contributed by atoms with Crippen molar-refractivity contribution in [3.8, 4) is 0 Å². The quantitative estimate of drug-likeness (QED) is 0.494. The summed E-state index contributed by atoms with van der Waals surface area (Å²) in [5.74, 6) is -0.0439. The molecule has 0 spiro atoms. The number of nitrogens with one attached hydrogen (secondary N) is 1. The number of aryl methyl sites for hydroxylation is 2. The molecule has 3 aromatic rings. The van der Waals surface area contributed by atoms with E-state index >= 15 is 0 Å². The molecule has 0 fully saturated rings. The third-order valence-corrected chi connectivity index (χ3v) is 7.09. The number of nitrogens with zero attached hydrogens (tertiary/aromatic N) is 1. The molecule has 1 heterocycles. The van der Waals surface area contributed by atoms with Gasteiger partial charge in [0.25, 0.3) is 5.91 Å². The molecule has 1 amide bonds. The van der Waals surface area contributed by atoms with Crippen LogP contribution in [0.3, 0.4) is 0 Å². The molecule has 0 bridgehead atoms. The van der Waals surface area contributed by atoms with E-state index in [2.05, 4.69) is 57.3 Å². The Kier molecular flexibility index (Phi) is 6.28. The summed E-state index contributed by atoms with van der Waals surface area (Å²) in [4.78, 5) is 20.3. The summed E-state index contributed by atoms with van der Waals surface area (Å²) < 4.78 is 0. The van der Waals surface area contributed by atoms with Crippen molar-refractivity contribution < 1.29 is 4.79 Å². The van der Waals surface area contributed by atoms with Gasteiger partial charge in [0, 0.05) is 32.7 Å². The molecule has 3 aromatic carbocycles. The maximum atomic E-state index is 13.0. The van der Waals surface area contributed by atoms with Crippen LogP contribution in [-0.2, 0) is 6.42 Å². The van der Waals surface area contributed by atoms with E-state index in [9.17, 15) is 4.79 Å². The zero-order valence-electron chi connectivity index (χ0n) is 18.5. The Morgan fingerprint density at radius 2 is 1.74 bits per heavy atom. The average Bonchev–Trinajstić information content (AvgIpc) is 2.92. The van der Waals surface area contributed by atoms with Crippen LogP contribution in [0, 0.1) is 13.8 Å². The van der Waals surface area contributed by atoms with Crippen LogP contribution in [-0.4, -0.2) is 17.7 Å². The highest BCUT2D eigenvalue weighted by Crippen LogP contribution is 2.43. The van der Waals surface area contributed by atoms with Crippen molar-refractivity contribution in [2.75, 3.05) is 0 Å². The van der Waals surface area contributed by atoms with Crippen molar-refractivity contribution >= 4 is 29.1 Å². The second-order valence-corrected chi connectivity index (χ2v) is 9.21. The third kappa shape index (κ3) is 4.59. The van der Waals surface area contributed by atoms with Crippen LogP contribution in [0.2, 0.25) is 0 Å². The Labute approximate surface area is 189 Å². The first-order chi connectivity index (χ1) is 15.0. The van der Waals surface area contributed by atoms with Crippen molar-refractivity contribution in [3.63, 3.8) is 0 Å². The molecule has 1 aliphatic rings. The number of carbonyl (C=O) groups is 1. The summed E-state index contributed by atoms with van der Waals surface area (Å²) >= 11 is 1.74. The zero-order chi connectivity index (χ0) is 22.0. The van der Waals surface area contributed by atoms with Crippen LogP contribution < -0.4 is 5.32 Å². The van der Waals surface area contributed by atoms with Gasteiger partial charge in [-0.1, -0.05) is 61.2 Å². The number of amides is 1. The predicted molar refractivity (Wildman–Crippen MR) is 130 cm³/mol. The molecule has 3 nitrogen and oxygen atoms in total. The fraction of sp³-hybridized carbons (Fsp3) is 0.259. The number of aliphatic imine (C=N–C) groups is 1. The highest BCUT2D eigenvalue weighted by Gasteiger charge is 2.20. The summed E-state index contributed by atoms with van der Waals surface area (Å²) in [6.45, 7) is 8.44. The third-order valence-electron chi connectivity index (χ3n) is 5.80. The van der Waals surface area contributed by atoms with E-state index in [0.29, 0.717) is 5.56 Å². The molecule has 0 aromatic heterocycles. The van der Waals surface area contributed by atoms with Crippen LogP contribution in [0.4, 0.5) is 5.69 Å². The smallest absolute Gasteiger partial charge is 0.251 e. The number of hydrogen-bond acceptors (Lipinski definition) is 3. The highest BCUT2D eigenvalue weighted by molar-refractivity contribution is 7.99. The first-order valence-corrected chi connectivity index (χ1v) is 11.6. The van der Waals surface area contributed by atoms with E-state index in [-0.39, 0.29) is 11.9 Å². The van der Waals surface area contributed by atoms with Gasteiger partial charge in [0.05, 0.1) is 5.69 Å². The maximum Gasteiger partial charge on any atom is 0.251 e. The maximum absolute atomic E-state index is 13.0. The zero-order valence-corrected chi connectivity index (χ0v) is 19.3. The van der Waals surface area contributed by atoms with Crippen molar-refractivity contribution in [3.05, 3.63) is 88.5 Å². The minimum absolute atomic E-state index is 0.0439. The Hall–Kier alpha value is -2.85. The van der Waals surface area contributed by atoms with Crippen molar-refractivity contribution in [1.29, 1.82) is 0 Å². The van der Waals surface area contributed by atoms with Gasteiger partial charge < -0.3 is 5.32 Å². The second-order valence-electron chi connectivity index (χ2n) is 8.15. The molecule has 0 aliphatic carbocycles. The molecule has 0 saturated heterocycles. The lowest BCUT2D eigenvalue weighted by Gasteiger charge is -2.17. The highest BCUT2D eigenvalue weighted by atomic mass is 32.2. The summed E-state index contributed by atoms with van der Waals surface area (Å²) in [7, 11) is 0. The summed E-state index contributed by atoms with van der Waals surface area (Å²) in [6, 6.07) is 20.6. The predicted octanol–water partition coefficient (Wildman–Crippen LogP) is 6.66. The van der Waals surface area contributed by atoms with Gasteiger partial charge in [0.1, 0.15) is 0 Å². The van der Waals surface area contributed by atoms with E-state index in [4.69, 9.17) is 4.99 Å². The topological polar surface area (TPSA) is 41.5 Å². The molecule has 158 valence electrons. The molecule has 1 N–H and O–H groups in total. The van der Waals surface area contributed by atoms with Crippen LogP contribution in [0.25, 0.3) is 0 Å². The molecule has 1 aliphatic heterocycles. The van der Waals surface area contributed by atoms with Gasteiger partial charge in [-0.25, -0.2) is 0 Å². The van der Waals surface area contributed by atoms with E-state index < -0.39 is 0 Å². The van der Waals surface area contributed by atoms with Gasteiger partial charge in [-0.3, -0.25) is 9.79 Å². The molecule has 31 heavy (non-hydrogen) atoms. The molecular weight excluding hydrogens is 400 g/mol. The standard InChI is InChI=1S/C27H28N2OS/c1-5-22(15-20-9-7-6-8-10-20)29-27(30)21-13-14-24-23(16-21)28-19(4)25-17(2)11-12-18(3)26(25)31-24/h6-14,16,22H,5,15H2,1-4H3,(H,29,30). The van der Waals surface area contributed by atoms with Gasteiger partial charge in [-0.2, -0.15) is 0 Å². The second kappa shape index (κ2) is 9.11. The fourth-order valence-corrected chi connectivity index (χ4v) is 5.21. The minimum Gasteiger partial charge on any atom is -0.349 e. The first kappa shape index (κ1) is 21.4. The Balaban J connectivity index is 1.59. The van der Waals surface area contributed by atoms with Crippen LogP contribution in [0.15, 0.2) is 75.4 Å². The van der Waals surface area contributed by atoms with E-state index in [1.807, 2.05) is 36.4 Å². The fourth-order valence-electron chi connectivity index (χ4n) is 4.01. The molecule has 4 rings (SSSR count). The Morgan fingerprint density at radius 3 is 2.48 bits per heavy atom. The van der Waals surface area contributed by atoms with Crippen molar-refractivity contribution in [2.45, 2.75) is 56.4 Å². The monoisotopic (exact) mass is 428 g/mol. The van der Waals surface area contributed by atoms with E-state index in [0.717, 1.165) is 29.1 Å². The van der Waals surface area contributed by atoms with Gasteiger partial charge in [-0.05, 0) is 68.5 Å². The summed E-state index contributed by atoms with van der Waals surface area (Å²) in [6.07, 6.45) is 1.71. The minimum atomic E-state index is -0.0439. The lowest BCUT2D eigenvalue weighted by atomic mass is 10.0. The van der Waals surface area contributed by atoms with Crippen molar-refractivity contribution in [2.24, 2.45) is 4.99 Å². The van der Waals surface area contributed by atoms with Gasteiger partial charge >= 0.3 is 0 Å². The molecule has 0 saturated carbocycles. The lowest BCUT2D eigenvalue weighted by Crippen LogP contribution is -2.35. The lowest BCUT2D eigenvalue weighted by molar-refractivity contribution is 0.0935. The number of rotatable bonds is 5. The number of carbonyl (C=O) groups excluding carboxylic acids is 1. The molecule has 1 unspecified atom stereocenters. The molecular formula is C27H28N2OS. The number of fused-ring (bicyclic) bond motifs is 2. The van der Waals surface area contributed by atoms with E-state index in [1.165, 1.54) is 27.1 Å². The molecule has 1 atom stereocenters. The van der Waals surface area contributed by atoms with Crippen LogP contribution >= 0.6 is 11.8 Å². The van der Waals surface area contributed by atoms with Crippen LogP contribution in [0.5, 0.6) is 0 Å². The largest absolute Gasteiger partial charge is 0.349 e. The van der Waals surface area contributed by atoms with E-state index in [1.54, 1.807) is 11.8 Å². The summed E-state index contributed by atoms with van der Waals surface area (Å²) in [5.41, 5.74) is 7.43. The van der Waals surface area contributed by atoms with Crippen LogP contribution in [0.1, 0.15) is 52.9 Å². The summed E-state index contributed by atoms with van der Waals surface area (Å²) in [5, 5.41) is 3.21. The normalized spacial score (nSPS) is 13.5. The SMILES string of the molecule is CCC(Cc1ccccc1)NC(=O)c1ccc2c(c1)N=C(C)c1c(C)ccc(C)c1S2.